The summed E-state index contributed by atoms with van der Waals surface area (Å²) in [5.74, 6) is -2.21. The van der Waals surface area contributed by atoms with Crippen molar-refractivity contribution in [1.29, 1.82) is 0 Å². The Bertz CT molecular complexity index is 887. The molecule has 0 radical (unpaired) electrons. The van der Waals surface area contributed by atoms with Crippen molar-refractivity contribution in [2.24, 2.45) is 5.92 Å². The molecule has 140 valence electrons. The highest BCUT2D eigenvalue weighted by Gasteiger charge is 2.35. The van der Waals surface area contributed by atoms with E-state index in [1.807, 2.05) is 0 Å². The van der Waals surface area contributed by atoms with Gasteiger partial charge in [0.15, 0.2) is 0 Å². The Morgan fingerprint density at radius 2 is 1.93 bits per heavy atom. The lowest BCUT2D eigenvalue weighted by Gasteiger charge is -2.17. The average Bonchev–Trinajstić information content (AvgIpc) is 3.08. The first-order valence-electron chi connectivity index (χ1n) is 8.28. The number of halogens is 1. The van der Waals surface area contributed by atoms with Crippen molar-refractivity contribution in [2.75, 3.05) is 18.6 Å². The molecule has 0 spiro atoms. The van der Waals surface area contributed by atoms with Crippen LogP contribution in [0.5, 0.6) is 5.75 Å². The first kappa shape index (κ1) is 18.4. The van der Waals surface area contributed by atoms with E-state index >= 15 is 0 Å². The number of benzene rings is 2. The van der Waals surface area contributed by atoms with Crippen molar-refractivity contribution in [2.45, 2.75) is 6.42 Å². The number of nitrogens with one attached hydrogen (secondary N) is 2. The molecule has 3 rings (SSSR count). The van der Waals surface area contributed by atoms with E-state index in [0.717, 1.165) is 6.07 Å². The van der Waals surface area contributed by atoms with Crippen molar-refractivity contribution >= 4 is 23.4 Å². The average molecular weight is 371 g/mol. The Morgan fingerprint density at radius 1 is 1.15 bits per heavy atom. The summed E-state index contributed by atoms with van der Waals surface area (Å²) in [6.45, 7) is 0.174. The topological polar surface area (TPSA) is 87.7 Å². The van der Waals surface area contributed by atoms with Crippen molar-refractivity contribution in [3.8, 4) is 5.75 Å². The van der Waals surface area contributed by atoms with E-state index in [4.69, 9.17) is 4.74 Å². The molecule has 0 saturated carbocycles. The molecular weight excluding hydrogens is 353 g/mol. The molecule has 1 aliphatic heterocycles. The number of anilines is 1. The summed E-state index contributed by atoms with van der Waals surface area (Å²) >= 11 is 0. The van der Waals surface area contributed by atoms with Crippen LogP contribution in [0.3, 0.4) is 0 Å². The van der Waals surface area contributed by atoms with E-state index in [1.54, 1.807) is 24.3 Å². The molecule has 0 bridgehead atoms. The van der Waals surface area contributed by atoms with Crippen LogP contribution >= 0.6 is 0 Å². The Balaban J connectivity index is 1.60. The number of rotatable bonds is 4. The van der Waals surface area contributed by atoms with E-state index in [1.165, 1.54) is 30.2 Å². The zero-order chi connectivity index (χ0) is 19.4. The van der Waals surface area contributed by atoms with Crippen LogP contribution in [0.1, 0.15) is 16.8 Å². The second-order valence-corrected chi connectivity index (χ2v) is 6.03. The normalized spacial score (nSPS) is 16.1. The number of hydrogen-bond acceptors (Lipinski definition) is 4. The second-order valence-electron chi connectivity index (χ2n) is 6.03. The summed E-state index contributed by atoms with van der Waals surface area (Å²) in [5.41, 5.74) is 4.88. The number of hydrogen-bond donors (Lipinski definition) is 2. The predicted molar refractivity (Wildman–Crippen MR) is 95.5 cm³/mol. The van der Waals surface area contributed by atoms with Crippen LogP contribution in [0, 0.1) is 11.7 Å². The van der Waals surface area contributed by atoms with E-state index in [9.17, 15) is 18.8 Å². The first-order chi connectivity index (χ1) is 13.0. The largest absolute Gasteiger partial charge is 0.497 e. The van der Waals surface area contributed by atoms with Gasteiger partial charge in [0.25, 0.3) is 5.91 Å². The van der Waals surface area contributed by atoms with E-state index in [-0.39, 0.29) is 24.4 Å². The number of nitrogens with zero attached hydrogens (tertiary/aromatic N) is 1. The summed E-state index contributed by atoms with van der Waals surface area (Å²) in [6.07, 6.45) is 0.0125. The minimum Gasteiger partial charge on any atom is -0.497 e. The fraction of sp³-hybridized carbons (Fsp3) is 0.211. The van der Waals surface area contributed by atoms with Gasteiger partial charge in [-0.2, -0.15) is 0 Å². The molecule has 1 atom stereocenters. The van der Waals surface area contributed by atoms with Crippen molar-refractivity contribution in [1.82, 2.24) is 10.9 Å². The standard InChI is InChI=1S/C19H18FN3O4/c1-27-14-6-4-5-13(10-14)23-11-12(9-17(23)24)18(25)21-22-19(26)15-7-2-3-8-16(15)20/h2-8,10,12H,9,11H2,1H3,(H,21,25)(H,22,26). The molecule has 0 aliphatic carbocycles. The molecule has 7 nitrogen and oxygen atoms in total. The van der Waals surface area contributed by atoms with E-state index < -0.39 is 23.5 Å². The van der Waals surface area contributed by atoms with Crippen LogP contribution in [-0.2, 0) is 9.59 Å². The van der Waals surface area contributed by atoms with Crippen molar-refractivity contribution < 1.29 is 23.5 Å². The first-order valence-corrected chi connectivity index (χ1v) is 8.28. The smallest absolute Gasteiger partial charge is 0.272 e. The molecule has 2 aromatic carbocycles. The van der Waals surface area contributed by atoms with Gasteiger partial charge in [-0.25, -0.2) is 4.39 Å². The summed E-state index contributed by atoms with van der Waals surface area (Å²) in [7, 11) is 1.53. The fourth-order valence-electron chi connectivity index (χ4n) is 2.84. The van der Waals surface area contributed by atoms with Crippen molar-refractivity contribution in [3.05, 3.63) is 59.9 Å². The molecular formula is C19H18FN3O4. The van der Waals surface area contributed by atoms with Crippen LogP contribution in [0.15, 0.2) is 48.5 Å². The van der Waals surface area contributed by atoms with Gasteiger partial charge in [-0.15, -0.1) is 0 Å². The number of carbonyl (C=O) groups is 3. The van der Waals surface area contributed by atoms with Crippen LogP contribution in [-0.4, -0.2) is 31.4 Å². The lowest BCUT2D eigenvalue weighted by Crippen LogP contribution is -2.45. The molecule has 1 saturated heterocycles. The highest BCUT2D eigenvalue weighted by Crippen LogP contribution is 2.27. The molecule has 3 amide bonds. The Kier molecular flexibility index (Phi) is 5.35. The fourth-order valence-corrected chi connectivity index (χ4v) is 2.84. The predicted octanol–water partition coefficient (Wildman–Crippen LogP) is 1.65. The second kappa shape index (κ2) is 7.86. The lowest BCUT2D eigenvalue weighted by molar-refractivity contribution is -0.126. The Morgan fingerprint density at radius 3 is 2.67 bits per heavy atom. The maximum atomic E-state index is 13.6. The van der Waals surface area contributed by atoms with Gasteiger partial charge in [-0.3, -0.25) is 25.2 Å². The van der Waals surface area contributed by atoms with E-state index in [2.05, 4.69) is 10.9 Å². The lowest BCUT2D eigenvalue weighted by atomic mass is 10.1. The van der Waals surface area contributed by atoms with E-state index in [0.29, 0.717) is 11.4 Å². The highest BCUT2D eigenvalue weighted by atomic mass is 19.1. The summed E-state index contributed by atoms with van der Waals surface area (Å²) in [4.78, 5) is 38.0. The number of ether oxygens (including phenoxy) is 1. The minimum atomic E-state index is -0.768. The molecule has 27 heavy (non-hydrogen) atoms. The third kappa shape index (κ3) is 4.05. The maximum Gasteiger partial charge on any atom is 0.272 e. The number of amides is 3. The third-order valence-electron chi connectivity index (χ3n) is 4.28. The number of hydrazine groups is 1. The quantitative estimate of drug-likeness (QED) is 0.800. The highest BCUT2D eigenvalue weighted by molar-refractivity contribution is 6.01. The molecule has 1 fully saturated rings. The molecule has 1 aliphatic rings. The zero-order valence-corrected chi connectivity index (χ0v) is 14.6. The monoisotopic (exact) mass is 371 g/mol. The SMILES string of the molecule is COc1cccc(N2CC(C(=O)NNC(=O)c3ccccc3F)CC2=O)c1. The third-order valence-corrected chi connectivity index (χ3v) is 4.28. The number of carbonyl (C=O) groups excluding carboxylic acids is 3. The molecule has 8 heteroatoms. The molecule has 0 aromatic heterocycles. The van der Waals surface area contributed by atoms with Crippen LogP contribution in [0.2, 0.25) is 0 Å². The molecule has 1 heterocycles. The van der Waals surface area contributed by atoms with Gasteiger partial charge in [-0.05, 0) is 24.3 Å². The Labute approximate surface area is 155 Å². The van der Waals surface area contributed by atoms with Gasteiger partial charge in [0, 0.05) is 24.7 Å². The number of methoxy groups -OCH3 is 1. The minimum absolute atomic E-state index is 0.0125. The maximum absolute atomic E-state index is 13.6. The summed E-state index contributed by atoms with van der Waals surface area (Å²) < 4.78 is 18.7. The molecule has 2 aromatic rings. The summed E-state index contributed by atoms with van der Waals surface area (Å²) in [6, 6.07) is 12.4. The van der Waals surface area contributed by atoms with Gasteiger partial charge in [0.05, 0.1) is 18.6 Å². The van der Waals surface area contributed by atoms with Gasteiger partial charge in [-0.1, -0.05) is 18.2 Å². The van der Waals surface area contributed by atoms with Gasteiger partial charge in [0.2, 0.25) is 11.8 Å². The van der Waals surface area contributed by atoms with Crippen LogP contribution in [0.4, 0.5) is 10.1 Å². The van der Waals surface area contributed by atoms with Gasteiger partial charge >= 0.3 is 0 Å². The summed E-state index contributed by atoms with van der Waals surface area (Å²) in [5, 5.41) is 0. The van der Waals surface area contributed by atoms with Crippen LogP contribution in [0.25, 0.3) is 0 Å². The molecule has 2 N–H and O–H groups in total. The van der Waals surface area contributed by atoms with Crippen LogP contribution < -0.4 is 20.5 Å². The van der Waals surface area contributed by atoms with Gasteiger partial charge in [0.1, 0.15) is 11.6 Å². The molecule has 1 unspecified atom stereocenters. The van der Waals surface area contributed by atoms with Gasteiger partial charge < -0.3 is 9.64 Å². The zero-order valence-electron chi connectivity index (χ0n) is 14.6. The Hall–Kier alpha value is -3.42. The van der Waals surface area contributed by atoms with Crippen molar-refractivity contribution in [3.63, 3.8) is 0 Å².